The normalized spacial score (nSPS) is 10.3. The van der Waals surface area contributed by atoms with Gasteiger partial charge in [0, 0.05) is 18.9 Å². The molecule has 2 heterocycles. The second kappa shape index (κ2) is 5.45. The predicted octanol–water partition coefficient (Wildman–Crippen LogP) is 2.11. The Hall–Kier alpha value is -3.16. The van der Waals surface area contributed by atoms with Crippen molar-refractivity contribution in [2.75, 3.05) is 10.6 Å². The summed E-state index contributed by atoms with van der Waals surface area (Å²) in [5.74, 6) is 0.241. The quantitative estimate of drug-likeness (QED) is 0.767. The SMILES string of the molecule is Cn1ccc(-c2nnc(NC(=O)Nc3ccccc3)o2)n1. The Kier molecular flexibility index (Phi) is 3.34. The number of aromatic nitrogens is 4. The molecule has 106 valence electrons. The molecule has 8 heteroatoms. The van der Waals surface area contributed by atoms with E-state index in [4.69, 9.17) is 4.42 Å². The molecule has 2 aromatic heterocycles. The lowest BCUT2D eigenvalue weighted by Crippen LogP contribution is -2.19. The van der Waals surface area contributed by atoms with Gasteiger partial charge in [0.25, 0.3) is 5.89 Å². The number of rotatable bonds is 3. The van der Waals surface area contributed by atoms with E-state index in [1.165, 1.54) is 0 Å². The second-order valence-corrected chi connectivity index (χ2v) is 4.23. The van der Waals surface area contributed by atoms with E-state index in [0.717, 1.165) is 0 Å². The molecule has 8 nitrogen and oxygen atoms in total. The van der Waals surface area contributed by atoms with Crippen LogP contribution in [0.3, 0.4) is 0 Å². The number of aryl methyl sites for hydroxylation is 1. The summed E-state index contributed by atoms with van der Waals surface area (Å²) >= 11 is 0. The van der Waals surface area contributed by atoms with E-state index in [1.54, 1.807) is 36.1 Å². The van der Waals surface area contributed by atoms with Crippen LogP contribution >= 0.6 is 0 Å². The Labute approximate surface area is 119 Å². The van der Waals surface area contributed by atoms with Crippen molar-refractivity contribution in [1.82, 2.24) is 20.0 Å². The fourth-order valence-corrected chi connectivity index (χ4v) is 1.69. The van der Waals surface area contributed by atoms with Crippen LogP contribution in [0.4, 0.5) is 16.5 Å². The van der Waals surface area contributed by atoms with Crippen molar-refractivity contribution in [1.29, 1.82) is 0 Å². The van der Waals surface area contributed by atoms with Crippen molar-refractivity contribution < 1.29 is 9.21 Å². The average Bonchev–Trinajstić information content (AvgIpc) is 3.09. The zero-order valence-corrected chi connectivity index (χ0v) is 11.1. The van der Waals surface area contributed by atoms with Gasteiger partial charge in [-0.05, 0) is 18.2 Å². The molecule has 0 aliphatic carbocycles. The van der Waals surface area contributed by atoms with E-state index < -0.39 is 6.03 Å². The summed E-state index contributed by atoms with van der Waals surface area (Å²) in [6.45, 7) is 0. The van der Waals surface area contributed by atoms with Crippen LogP contribution in [-0.4, -0.2) is 26.0 Å². The smallest absolute Gasteiger partial charge is 0.327 e. The fourth-order valence-electron chi connectivity index (χ4n) is 1.69. The third-order valence-electron chi connectivity index (χ3n) is 2.61. The minimum Gasteiger partial charge on any atom is -0.401 e. The molecule has 0 spiro atoms. The molecular weight excluding hydrogens is 272 g/mol. The molecule has 2 N–H and O–H groups in total. The highest BCUT2D eigenvalue weighted by Gasteiger charge is 2.13. The maximum absolute atomic E-state index is 11.8. The number of para-hydroxylation sites is 1. The highest BCUT2D eigenvalue weighted by Crippen LogP contribution is 2.17. The summed E-state index contributed by atoms with van der Waals surface area (Å²) in [6, 6.07) is 10.3. The Morgan fingerprint density at radius 3 is 2.67 bits per heavy atom. The summed E-state index contributed by atoms with van der Waals surface area (Å²) < 4.78 is 6.94. The first-order valence-corrected chi connectivity index (χ1v) is 6.17. The number of nitrogens with one attached hydrogen (secondary N) is 2. The van der Waals surface area contributed by atoms with Gasteiger partial charge in [-0.2, -0.15) is 5.10 Å². The monoisotopic (exact) mass is 284 g/mol. The molecule has 0 fully saturated rings. The van der Waals surface area contributed by atoms with E-state index in [9.17, 15) is 4.79 Å². The van der Waals surface area contributed by atoms with Crippen molar-refractivity contribution in [3.63, 3.8) is 0 Å². The van der Waals surface area contributed by atoms with Gasteiger partial charge in [0.2, 0.25) is 0 Å². The maximum Gasteiger partial charge on any atom is 0.327 e. The van der Waals surface area contributed by atoms with Gasteiger partial charge in [-0.15, -0.1) is 5.10 Å². The van der Waals surface area contributed by atoms with Crippen molar-refractivity contribution in [3.8, 4) is 11.6 Å². The fraction of sp³-hybridized carbons (Fsp3) is 0.0769. The first-order valence-electron chi connectivity index (χ1n) is 6.17. The molecular formula is C13H12N6O2. The lowest BCUT2D eigenvalue weighted by Gasteiger charge is -2.03. The molecule has 21 heavy (non-hydrogen) atoms. The average molecular weight is 284 g/mol. The van der Waals surface area contributed by atoms with Crippen molar-refractivity contribution >= 4 is 17.7 Å². The van der Waals surface area contributed by atoms with Gasteiger partial charge in [-0.25, -0.2) is 4.79 Å². The van der Waals surface area contributed by atoms with E-state index in [-0.39, 0.29) is 11.9 Å². The lowest BCUT2D eigenvalue weighted by atomic mass is 10.3. The number of hydrogen-bond donors (Lipinski definition) is 2. The van der Waals surface area contributed by atoms with Crippen LogP contribution in [-0.2, 0) is 7.05 Å². The summed E-state index contributed by atoms with van der Waals surface area (Å²) in [5.41, 5.74) is 1.21. The topological polar surface area (TPSA) is 97.9 Å². The molecule has 0 bridgehead atoms. The predicted molar refractivity (Wildman–Crippen MR) is 75.6 cm³/mol. The first kappa shape index (κ1) is 12.9. The number of hydrogen-bond acceptors (Lipinski definition) is 5. The van der Waals surface area contributed by atoms with E-state index in [1.807, 2.05) is 18.2 Å². The van der Waals surface area contributed by atoms with Crippen LogP contribution in [0, 0.1) is 0 Å². The van der Waals surface area contributed by atoms with Crippen molar-refractivity contribution in [2.24, 2.45) is 7.05 Å². The van der Waals surface area contributed by atoms with Gasteiger partial charge < -0.3 is 9.73 Å². The third kappa shape index (κ3) is 3.06. The molecule has 0 saturated carbocycles. The molecule has 0 aliphatic rings. The Bertz CT molecular complexity index is 749. The largest absolute Gasteiger partial charge is 0.401 e. The third-order valence-corrected chi connectivity index (χ3v) is 2.61. The number of anilines is 2. The van der Waals surface area contributed by atoms with Crippen LogP contribution < -0.4 is 10.6 Å². The highest BCUT2D eigenvalue weighted by molar-refractivity contribution is 5.98. The molecule has 0 aliphatic heterocycles. The van der Waals surface area contributed by atoms with Crippen molar-refractivity contribution in [2.45, 2.75) is 0 Å². The molecule has 3 aromatic rings. The van der Waals surface area contributed by atoms with Crippen LogP contribution in [0.25, 0.3) is 11.6 Å². The summed E-state index contributed by atoms with van der Waals surface area (Å²) in [7, 11) is 1.78. The van der Waals surface area contributed by atoms with Gasteiger partial charge in [-0.3, -0.25) is 10.00 Å². The van der Waals surface area contributed by atoms with Crippen molar-refractivity contribution in [3.05, 3.63) is 42.6 Å². The molecule has 0 radical (unpaired) electrons. The van der Waals surface area contributed by atoms with Gasteiger partial charge in [0.15, 0.2) is 0 Å². The van der Waals surface area contributed by atoms with Crippen LogP contribution in [0.15, 0.2) is 47.0 Å². The van der Waals surface area contributed by atoms with Gasteiger partial charge in [-0.1, -0.05) is 23.3 Å². The van der Waals surface area contributed by atoms with E-state index >= 15 is 0 Å². The first-order chi connectivity index (χ1) is 10.2. The van der Waals surface area contributed by atoms with Crippen LogP contribution in [0.5, 0.6) is 0 Å². The zero-order valence-electron chi connectivity index (χ0n) is 11.1. The summed E-state index contributed by atoms with van der Waals surface area (Å²) in [6.07, 6.45) is 1.76. The standard InChI is InChI=1S/C13H12N6O2/c1-19-8-7-10(18-19)11-16-17-13(21-11)15-12(20)14-9-5-3-2-4-6-9/h2-8H,1H3,(H2,14,15,17,20). The number of amides is 2. The molecule has 3 rings (SSSR count). The molecule has 0 atom stereocenters. The van der Waals surface area contributed by atoms with Crippen LogP contribution in [0.1, 0.15) is 0 Å². The number of nitrogens with zero attached hydrogens (tertiary/aromatic N) is 4. The van der Waals surface area contributed by atoms with Crippen LogP contribution in [0.2, 0.25) is 0 Å². The summed E-state index contributed by atoms with van der Waals surface area (Å²) in [5, 5.41) is 16.8. The number of carbonyl (C=O) groups is 1. The second-order valence-electron chi connectivity index (χ2n) is 4.23. The van der Waals surface area contributed by atoms with Gasteiger partial charge >= 0.3 is 12.0 Å². The summed E-state index contributed by atoms with van der Waals surface area (Å²) in [4.78, 5) is 11.8. The van der Waals surface area contributed by atoms with E-state index in [0.29, 0.717) is 11.4 Å². The molecule has 0 saturated heterocycles. The van der Waals surface area contributed by atoms with Gasteiger partial charge in [0.1, 0.15) is 5.69 Å². The minimum absolute atomic E-state index is 0.00378. The number of urea groups is 1. The van der Waals surface area contributed by atoms with E-state index in [2.05, 4.69) is 25.9 Å². The Morgan fingerprint density at radius 1 is 1.14 bits per heavy atom. The maximum atomic E-state index is 11.8. The number of carbonyl (C=O) groups excluding carboxylic acids is 1. The number of benzene rings is 1. The Morgan fingerprint density at radius 2 is 1.95 bits per heavy atom. The van der Waals surface area contributed by atoms with Gasteiger partial charge in [0.05, 0.1) is 0 Å². The lowest BCUT2D eigenvalue weighted by molar-refractivity contribution is 0.261. The minimum atomic E-state index is -0.461. The zero-order chi connectivity index (χ0) is 14.7. The molecule has 1 aromatic carbocycles. The Balaban J connectivity index is 1.66. The highest BCUT2D eigenvalue weighted by atomic mass is 16.4. The molecule has 2 amide bonds. The molecule has 0 unspecified atom stereocenters.